The summed E-state index contributed by atoms with van der Waals surface area (Å²) in [6, 6.07) is 11.7. The van der Waals surface area contributed by atoms with Crippen LogP contribution in [0.4, 0.5) is 0 Å². The molecule has 2 heterocycles. The molecule has 2 aliphatic heterocycles. The Morgan fingerprint density at radius 3 is 2.45 bits per heavy atom. The van der Waals surface area contributed by atoms with E-state index in [4.69, 9.17) is 14.2 Å². The van der Waals surface area contributed by atoms with Crippen molar-refractivity contribution in [2.45, 2.75) is 49.3 Å². The average Bonchev–Trinajstić information content (AvgIpc) is 3.52. The lowest BCUT2D eigenvalue weighted by atomic mass is 9.89. The molecule has 1 saturated heterocycles. The standard InChI is InChI=1S/C22H23BrO6/c23-15-3-2-13(20-18(24)19(25)21(26)22(29-20)5-6-22)11-14(15)9-12-1-4-16-17(10-12)28-8-7-27-16/h1-4,10-11,18-21,24-26H,5-9H2/t18?,19?,20-,21-/m0/s1. The van der Waals surface area contributed by atoms with Crippen molar-refractivity contribution in [2.75, 3.05) is 13.2 Å². The first kappa shape index (κ1) is 19.3. The highest BCUT2D eigenvalue weighted by Crippen LogP contribution is 2.52. The zero-order chi connectivity index (χ0) is 20.2. The predicted molar refractivity (Wildman–Crippen MR) is 108 cm³/mol. The molecule has 2 unspecified atom stereocenters. The summed E-state index contributed by atoms with van der Waals surface area (Å²) in [5, 5.41) is 31.1. The van der Waals surface area contributed by atoms with Gasteiger partial charge in [0, 0.05) is 4.47 Å². The van der Waals surface area contributed by atoms with Gasteiger partial charge in [0.2, 0.25) is 0 Å². The normalized spacial score (nSPS) is 29.7. The van der Waals surface area contributed by atoms with E-state index in [2.05, 4.69) is 15.9 Å². The largest absolute Gasteiger partial charge is 0.486 e. The number of aliphatic hydroxyl groups is 3. The minimum absolute atomic E-state index is 0.544. The van der Waals surface area contributed by atoms with Crippen LogP contribution in [-0.4, -0.2) is 52.4 Å². The molecule has 0 radical (unpaired) electrons. The van der Waals surface area contributed by atoms with Crippen LogP contribution >= 0.6 is 15.9 Å². The van der Waals surface area contributed by atoms with Gasteiger partial charge in [-0.2, -0.15) is 0 Å². The zero-order valence-electron chi connectivity index (χ0n) is 15.8. The first-order chi connectivity index (χ1) is 14.0. The smallest absolute Gasteiger partial charge is 0.161 e. The van der Waals surface area contributed by atoms with Gasteiger partial charge >= 0.3 is 0 Å². The van der Waals surface area contributed by atoms with Crippen LogP contribution in [0.5, 0.6) is 11.5 Å². The number of rotatable bonds is 3. The maximum Gasteiger partial charge on any atom is 0.161 e. The molecule has 7 heteroatoms. The molecule has 2 aromatic carbocycles. The number of benzene rings is 2. The van der Waals surface area contributed by atoms with Crippen LogP contribution in [0.15, 0.2) is 40.9 Å². The third-order valence-electron chi connectivity index (χ3n) is 6.03. The summed E-state index contributed by atoms with van der Waals surface area (Å²) in [6.45, 7) is 1.11. The molecule has 2 fully saturated rings. The van der Waals surface area contributed by atoms with E-state index in [-0.39, 0.29) is 0 Å². The van der Waals surface area contributed by atoms with Crippen LogP contribution in [0.1, 0.15) is 35.6 Å². The molecule has 0 amide bonds. The molecule has 6 nitrogen and oxygen atoms in total. The third kappa shape index (κ3) is 3.45. The van der Waals surface area contributed by atoms with Gasteiger partial charge in [0.1, 0.15) is 37.6 Å². The van der Waals surface area contributed by atoms with Gasteiger partial charge in [-0.1, -0.05) is 34.1 Å². The summed E-state index contributed by atoms with van der Waals surface area (Å²) in [4.78, 5) is 0. The quantitative estimate of drug-likeness (QED) is 0.649. The first-order valence-electron chi connectivity index (χ1n) is 9.86. The minimum Gasteiger partial charge on any atom is -0.486 e. The van der Waals surface area contributed by atoms with Crippen molar-refractivity contribution in [3.63, 3.8) is 0 Å². The van der Waals surface area contributed by atoms with Crippen LogP contribution in [0.3, 0.4) is 0 Å². The monoisotopic (exact) mass is 462 g/mol. The van der Waals surface area contributed by atoms with Crippen LogP contribution in [0.2, 0.25) is 0 Å². The van der Waals surface area contributed by atoms with E-state index >= 15 is 0 Å². The number of ether oxygens (including phenoxy) is 3. The fraction of sp³-hybridized carbons (Fsp3) is 0.455. The van der Waals surface area contributed by atoms with Crippen LogP contribution in [-0.2, 0) is 11.2 Å². The van der Waals surface area contributed by atoms with Gasteiger partial charge in [-0.15, -0.1) is 0 Å². The van der Waals surface area contributed by atoms with E-state index in [1.807, 2.05) is 36.4 Å². The van der Waals surface area contributed by atoms with Gasteiger partial charge in [-0.05, 0) is 54.2 Å². The molecule has 29 heavy (non-hydrogen) atoms. The maximum absolute atomic E-state index is 10.5. The van der Waals surface area contributed by atoms with E-state index in [9.17, 15) is 15.3 Å². The van der Waals surface area contributed by atoms with Crippen LogP contribution in [0, 0.1) is 0 Å². The summed E-state index contributed by atoms with van der Waals surface area (Å²) >= 11 is 3.61. The Labute approximate surface area is 177 Å². The summed E-state index contributed by atoms with van der Waals surface area (Å²) in [7, 11) is 0. The molecular weight excluding hydrogens is 440 g/mol. The topological polar surface area (TPSA) is 88.4 Å². The van der Waals surface area contributed by atoms with Crippen LogP contribution in [0.25, 0.3) is 0 Å². The second-order valence-corrected chi connectivity index (χ2v) is 8.89. The summed E-state index contributed by atoms with van der Waals surface area (Å²) < 4.78 is 18.3. The zero-order valence-corrected chi connectivity index (χ0v) is 17.3. The first-order valence-corrected chi connectivity index (χ1v) is 10.6. The second kappa shape index (κ2) is 7.25. The molecule has 3 N–H and O–H groups in total. The molecule has 3 aliphatic rings. The number of hydrogen-bond donors (Lipinski definition) is 3. The molecule has 1 spiro atoms. The highest BCUT2D eigenvalue weighted by molar-refractivity contribution is 9.10. The number of hydrogen-bond acceptors (Lipinski definition) is 6. The van der Waals surface area contributed by atoms with E-state index in [1.165, 1.54) is 0 Å². The van der Waals surface area contributed by atoms with Gasteiger partial charge < -0.3 is 29.5 Å². The van der Waals surface area contributed by atoms with E-state index in [0.29, 0.717) is 32.5 Å². The van der Waals surface area contributed by atoms with Crippen molar-refractivity contribution >= 4 is 15.9 Å². The molecule has 2 aromatic rings. The Bertz CT molecular complexity index is 928. The molecule has 0 bridgehead atoms. The highest BCUT2D eigenvalue weighted by atomic mass is 79.9. The van der Waals surface area contributed by atoms with Gasteiger partial charge in [-0.25, -0.2) is 0 Å². The van der Waals surface area contributed by atoms with Crippen molar-refractivity contribution in [3.05, 3.63) is 57.6 Å². The Kier molecular flexibility index (Phi) is 4.83. The second-order valence-electron chi connectivity index (χ2n) is 8.03. The molecule has 5 rings (SSSR count). The number of aliphatic hydroxyl groups excluding tert-OH is 3. The summed E-state index contributed by atoms with van der Waals surface area (Å²) in [5.41, 5.74) is 2.16. The number of halogens is 1. The van der Waals surface area contributed by atoms with Crippen molar-refractivity contribution in [1.82, 2.24) is 0 Å². The van der Waals surface area contributed by atoms with Gasteiger partial charge in [0.05, 0.1) is 5.60 Å². The molecular formula is C22H23BrO6. The molecule has 154 valence electrons. The molecule has 4 atom stereocenters. The van der Waals surface area contributed by atoms with Gasteiger partial charge in [0.25, 0.3) is 0 Å². The molecule has 0 aromatic heterocycles. The summed E-state index contributed by atoms with van der Waals surface area (Å²) in [5.74, 6) is 1.51. The lowest BCUT2D eigenvalue weighted by Crippen LogP contribution is -2.55. The SMILES string of the molecule is OC1C(O)[C@H](O)C2(CC2)O[C@H]1c1ccc(Br)c(Cc2ccc3c(c2)OCCO3)c1. The Balaban J connectivity index is 1.42. The predicted octanol–water partition coefficient (Wildman–Crippen LogP) is 2.50. The van der Waals surface area contributed by atoms with Crippen molar-refractivity contribution in [2.24, 2.45) is 0 Å². The van der Waals surface area contributed by atoms with E-state index in [1.54, 1.807) is 0 Å². The van der Waals surface area contributed by atoms with Crippen LogP contribution < -0.4 is 9.47 Å². The summed E-state index contributed by atoms with van der Waals surface area (Å²) in [6.07, 6.45) is -2.10. The lowest BCUT2D eigenvalue weighted by molar-refractivity contribution is -0.236. The molecule has 1 aliphatic carbocycles. The lowest BCUT2D eigenvalue weighted by Gasteiger charge is -2.41. The Morgan fingerprint density at radius 2 is 1.69 bits per heavy atom. The Morgan fingerprint density at radius 1 is 0.931 bits per heavy atom. The van der Waals surface area contributed by atoms with Crippen molar-refractivity contribution in [3.8, 4) is 11.5 Å². The maximum atomic E-state index is 10.5. The van der Waals surface area contributed by atoms with E-state index < -0.39 is 30.0 Å². The Hall–Kier alpha value is -1.64. The molecule has 1 saturated carbocycles. The average molecular weight is 463 g/mol. The fourth-order valence-corrected chi connectivity index (χ4v) is 4.58. The van der Waals surface area contributed by atoms with Crippen molar-refractivity contribution in [1.29, 1.82) is 0 Å². The van der Waals surface area contributed by atoms with Gasteiger partial charge in [-0.3, -0.25) is 0 Å². The minimum atomic E-state index is -1.22. The van der Waals surface area contributed by atoms with Gasteiger partial charge in [0.15, 0.2) is 11.5 Å². The van der Waals surface area contributed by atoms with Crippen molar-refractivity contribution < 1.29 is 29.5 Å². The fourth-order valence-electron chi connectivity index (χ4n) is 4.20. The highest BCUT2D eigenvalue weighted by Gasteiger charge is 2.60. The third-order valence-corrected chi connectivity index (χ3v) is 6.80. The van der Waals surface area contributed by atoms with E-state index in [0.717, 1.165) is 32.7 Å². The number of fused-ring (bicyclic) bond motifs is 1.